The van der Waals surface area contributed by atoms with Crippen LogP contribution in [0.5, 0.6) is 5.75 Å². The molecule has 2 aromatic carbocycles. The molecule has 0 radical (unpaired) electrons. The highest BCUT2D eigenvalue weighted by molar-refractivity contribution is 5.36. The van der Waals surface area contributed by atoms with Crippen molar-refractivity contribution in [2.45, 2.75) is 26.5 Å². The Morgan fingerprint density at radius 1 is 1.10 bits per heavy atom. The Bertz CT molecular complexity index is 611. The third-order valence-electron chi connectivity index (χ3n) is 3.15. The minimum atomic E-state index is -0.375. The standard InChI is InChI=1S/C16H17F2NO/c1-10-7-13(17)4-3-12(10)9-20-16-8-14(18)5-6-15(16)11(2)19/h3-8,11H,9,19H2,1-2H3/t11-/m0/s1. The first-order valence-corrected chi connectivity index (χ1v) is 6.40. The number of halogens is 2. The summed E-state index contributed by atoms with van der Waals surface area (Å²) >= 11 is 0. The van der Waals surface area contributed by atoms with Crippen molar-refractivity contribution in [1.29, 1.82) is 0 Å². The summed E-state index contributed by atoms with van der Waals surface area (Å²) in [5.74, 6) is -0.239. The first kappa shape index (κ1) is 14.5. The van der Waals surface area contributed by atoms with Crippen LogP contribution in [0.3, 0.4) is 0 Å². The Balaban J connectivity index is 2.20. The van der Waals surface area contributed by atoms with E-state index in [2.05, 4.69) is 0 Å². The van der Waals surface area contributed by atoms with Gasteiger partial charge in [-0.05, 0) is 43.2 Å². The molecule has 1 atom stereocenters. The Labute approximate surface area is 117 Å². The third kappa shape index (κ3) is 3.33. The second-order valence-corrected chi connectivity index (χ2v) is 4.83. The van der Waals surface area contributed by atoms with Gasteiger partial charge < -0.3 is 10.5 Å². The average molecular weight is 277 g/mol. The molecule has 0 amide bonds. The summed E-state index contributed by atoms with van der Waals surface area (Å²) in [6, 6.07) is 8.52. The largest absolute Gasteiger partial charge is 0.488 e. The van der Waals surface area contributed by atoms with Crippen molar-refractivity contribution in [3.05, 3.63) is 64.7 Å². The fourth-order valence-electron chi connectivity index (χ4n) is 1.99. The first-order chi connectivity index (χ1) is 9.47. The summed E-state index contributed by atoms with van der Waals surface area (Å²) in [7, 11) is 0. The zero-order valence-corrected chi connectivity index (χ0v) is 11.5. The molecule has 0 aliphatic carbocycles. The van der Waals surface area contributed by atoms with Gasteiger partial charge in [-0.1, -0.05) is 12.1 Å². The second-order valence-electron chi connectivity index (χ2n) is 4.83. The lowest BCUT2D eigenvalue weighted by atomic mass is 10.1. The van der Waals surface area contributed by atoms with Crippen molar-refractivity contribution in [2.75, 3.05) is 0 Å². The monoisotopic (exact) mass is 277 g/mol. The van der Waals surface area contributed by atoms with Gasteiger partial charge in [-0.3, -0.25) is 0 Å². The van der Waals surface area contributed by atoms with Crippen LogP contribution < -0.4 is 10.5 Å². The molecule has 0 unspecified atom stereocenters. The maximum Gasteiger partial charge on any atom is 0.127 e. The quantitative estimate of drug-likeness (QED) is 0.920. The lowest BCUT2D eigenvalue weighted by Crippen LogP contribution is -2.08. The Hall–Kier alpha value is -1.94. The molecule has 0 spiro atoms. The van der Waals surface area contributed by atoms with Gasteiger partial charge in [-0.2, -0.15) is 0 Å². The predicted octanol–water partition coefficient (Wildman–Crippen LogP) is 3.87. The van der Waals surface area contributed by atoms with E-state index in [9.17, 15) is 8.78 Å². The van der Waals surface area contributed by atoms with Crippen LogP contribution in [0.2, 0.25) is 0 Å². The predicted molar refractivity (Wildman–Crippen MR) is 74.5 cm³/mol. The van der Waals surface area contributed by atoms with Crippen molar-refractivity contribution < 1.29 is 13.5 Å². The molecule has 0 aromatic heterocycles. The molecule has 0 saturated heterocycles. The van der Waals surface area contributed by atoms with E-state index in [-0.39, 0.29) is 24.3 Å². The number of nitrogens with two attached hydrogens (primary N) is 1. The molecule has 2 aromatic rings. The van der Waals surface area contributed by atoms with Crippen LogP contribution in [0.15, 0.2) is 36.4 Å². The van der Waals surface area contributed by atoms with E-state index in [0.717, 1.165) is 16.7 Å². The number of aryl methyl sites for hydroxylation is 1. The summed E-state index contributed by atoms with van der Waals surface area (Å²) < 4.78 is 32.0. The molecular weight excluding hydrogens is 260 g/mol. The fraction of sp³-hybridized carbons (Fsp3) is 0.250. The zero-order valence-electron chi connectivity index (χ0n) is 11.5. The molecule has 2 N–H and O–H groups in total. The number of rotatable bonds is 4. The van der Waals surface area contributed by atoms with Gasteiger partial charge in [0.05, 0.1) is 0 Å². The van der Waals surface area contributed by atoms with Crippen LogP contribution in [0.25, 0.3) is 0 Å². The molecule has 2 nitrogen and oxygen atoms in total. The zero-order chi connectivity index (χ0) is 14.7. The topological polar surface area (TPSA) is 35.2 Å². The van der Waals surface area contributed by atoms with E-state index in [1.807, 2.05) is 6.92 Å². The minimum absolute atomic E-state index is 0.245. The van der Waals surface area contributed by atoms with Crippen LogP contribution in [0.4, 0.5) is 8.78 Å². The van der Waals surface area contributed by atoms with Gasteiger partial charge in [0, 0.05) is 17.7 Å². The second kappa shape index (κ2) is 6.01. The summed E-state index contributed by atoms with van der Waals surface area (Å²) in [6.07, 6.45) is 0. The minimum Gasteiger partial charge on any atom is -0.488 e. The Morgan fingerprint density at radius 2 is 1.75 bits per heavy atom. The number of ether oxygens (including phenoxy) is 1. The van der Waals surface area contributed by atoms with Gasteiger partial charge >= 0.3 is 0 Å². The normalized spacial score (nSPS) is 12.2. The number of benzene rings is 2. The van der Waals surface area contributed by atoms with E-state index in [1.165, 1.54) is 24.3 Å². The summed E-state index contributed by atoms with van der Waals surface area (Å²) in [6.45, 7) is 3.86. The summed E-state index contributed by atoms with van der Waals surface area (Å²) in [4.78, 5) is 0. The third-order valence-corrected chi connectivity index (χ3v) is 3.15. The molecule has 0 heterocycles. The molecular formula is C16H17F2NO. The molecule has 20 heavy (non-hydrogen) atoms. The molecule has 0 bridgehead atoms. The maximum absolute atomic E-state index is 13.3. The van der Waals surface area contributed by atoms with Crippen LogP contribution >= 0.6 is 0 Å². The van der Waals surface area contributed by atoms with Crippen molar-refractivity contribution in [2.24, 2.45) is 5.73 Å². The molecule has 106 valence electrons. The van der Waals surface area contributed by atoms with Crippen LogP contribution in [-0.2, 0) is 6.61 Å². The highest BCUT2D eigenvalue weighted by Gasteiger charge is 2.10. The lowest BCUT2D eigenvalue weighted by molar-refractivity contribution is 0.299. The summed E-state index contributed by atoms with van der Waals surface area (Å²) in [5.41, 5.74) is 8.22. The lowest BCUT2D eigenvalue weighted by Gasteiger charge is -2.15. The van der Waals surface area contributed by atoms with Gasteiger partial charge in [0.2, 0.25) is 0 Å². The van der Waals surface area contributed by atoms with Crippen LogP contribution in [0.1, 0.15) is 29.7 Å². The van der Waals surface area contributed by atoms with Crippen molar-refractivity contribution in [1.82, 2.24) is 0 Å². The van der Waals surface area contributed by atoms with E-state index < -0.39 is 0 Å². The number of hydrogen-bond donors (Lipinski definition) is 1. The van der Waals surface area contributed by atoms with Gasteiger partial charge in [-0.15, -0.1) is 0 Å². The number of hydrogen-bond acceptors (Lipinski definition) is 2. The van der Waals surface area contributed by atoms with Crippen molar-refractivity contribution >= 4 is 0 Å². The molecule has 0 aliphatic heterocycles. The molecule has 2 rings (SSSR count). The van der Waals surface area contributed by atoms with Crippen molar-refractivity contribution in [3.8, 4) is 5.75 Å². The highest BCUT2D eigenvalue weighted by atomic mass is 19.1. The smallest absolute Gasteiger partial charge is 0.127 e. The van der Waals surface area contributed by atoms with Gasteiger partial charge in [-0.25, -0.2) is 8.78 Å². The molecule has 0 fully saturated rings. The van der Waals surface area contributed by atoms with E-state index >= 15 is 0 Å². The SMILES string of the molecule is Cc1cc(F)ccc1COc1cc(F)ccc1[C@H](C)N. The average Bonchev–Trinajstić information content (AvgIpc) is 2.37. The van der Waals surface area contributed by atoms with Crippen LogP contribution in [0, 0.1) is 18.6 Å². The summed E-state index contributed by atoms with van der Waals surface area (Å²) in [5, 5.41) is 0. The van der Waals surface area contributed by atoms with E-state index in [0.29, 0.717) is 5.75 Å². The van der Waals surface area contributed by atoms with Crippen LogP contribution in [-0.4, -0.2) is 0 Å². The van der Waals surface area contributed by atoms with E-state index in [4.69, 9.17) is 10.5 Å². The molecule has 4 heteroatoms. The van der Waals surface area contributed by atoms with E-state index in [1.54, 1.807) is 19.1 Å². The molecule has 0 saturated carbocycles. The maximum atomic E-state index is 13.3. The Kier molecular flexibility index (Phi) is 4.35. The van der Waals surface area contributed by atoms with Gasteiger partial charge in [0.25, 0.3) is 0 Å². The van der Waals surface area contributed by atoms with Crippen molar-refractivity contribution in [3.63, 3.8) is 0 Å². The van der Waals surface area contributed by atoms with Gasteiger partial charge in [0.1, 0.15) is 24.0 Å². The fourth-order valence-corrected chi connectivity index (χ4v) is 1.99. The Morgan fingerprint density at radius 3 is 2.40 bits per heavy atom. The first-order valence-electron chi connectivity index (χ1n) is 6.40. The highest BCUT2D eigenvalue weighted by Crippen LogP contribution is 2.26. The van der Waals surface area contributed by atoms with Gasteiger partial charge in [0.15, 0.2) is 0 Å². The molecule has 0 aliphatic rings.